The fourth-order valence-corrected chi connectivity index (χ4v) is 5.06. The van der Waals surface area contributed by atoms with E-state index >= 15 is 4.39 Å². The third-order valence-corrected chi connectivity index (χ3v) is 6.61. The van der Waals surface area contributed by atoms with Crippen LogP contribution in [-0.4, -0.2) is 41.0 Å². The van der Waals surface area contributed by atoms with E-state index in [1.807, 2.05) is 36.7 Å². The molecule has 2 N–H and O–H groups in total. The lowest BCUT2D eigenvalue weighted by molar-refractivity contribution is 0.0996. The van der Waals surface area contributed by atoms with Gasteiger partial charge in [-0.1, -0.05) is 6.07 Å². The highest BCUT2D eigenvalue weighted by Gasteiger charge is 2.26. The Morgan fingerprint density at radius 3 is 2.74 bits per heavy atom. The number of hydrogen-bond acceptors (Lipinski definition) is 6. The lowest BCUT2D eigenvalue weighted by atomic mass is 9.97. The smallest absolute Gasteiger partial charge is 0.268 e. The van der Waals surface area contributed by atoms with Crippen LogP contribution in [0.3, 0.4) is 0 Å². The van der Waals surface area contributed by atoms with Gasteiger partial charge in [-0.15, -0.1) is 11.3 Å². The molecule has 0 unspecified atom stereocenters. The molecule has 0 spiro atoms. The number of benzene rings is 2. The molecule has 0 aliphatic heterocycles. The highest BCUT2D eigenvalue weighted by atomic mass is 32.1. The van der Waals surface area contributed by atoms with Gasteiger partial charge in [0.1, 0.15) is 29.7 Å². The molecule has 0 aliphatic rings. The summed E-state index contributed by atoms with van der Waals surface area (Å²) < 4.78 is 42.3. The number of pyridine rings is 1. The van der Waals surface area contributed by atoms with Gasteiger partial charge in [-0.2, -0.15) is 5.10 Å². The van der Waals surface area contributed by atoms with Crippen molar-refractivity contribution in [2.45, 2.75) is 0 Å². The summed E-state index contributed by atoms with van der Waals surface area (Å²) in [7, 11) is 3.34. The third-order valence-electron chi connectivity index (χ3n) is 5.67. The summed E-state index contributed by atoms with van der Waals surface area (Å²) >= 11 is 1.30. The SMILES string of the molecule is COCCOc1cc(F)cc(F)c1-c1c(C(N)=O)nc(-c2ccc3c(cnn3C)c2)c2ccsc12. The first-order valence-corrected chi connectivity index (χ1v) is 11.5. The van der Waals surface area contributed by atoms with Gasteiger partial charge >= 0.3 is 0 Å². The van der Waals surface area contributed by atoms with Crippen LogP contribution in [0.5, 0.6) is 5.75 Å². The number of carbonyl (C=O) groups is 1. The van der Waals surface area contributed by atoms with E-state index in [1.165, 1.54) is 18.4 Å². The van der Waals surface area contributed by atoms with Crippen LogP contribution in [0, 0.1) is 11.6 Å². The van der Waals surface area contributed by atoms with Crippen molar-refractivity contribution < 1.29 is 23.0 Å². The number of nitrogens with zero attached hydrogens (tertiary/aromatic N) is 3. The molecule has 3 heterocycles. The van der Waals surface area contributed by atoms with Crippen LogP contribution in [0.4, 0.5) is 8.78 Å². The molecule has 3 aromatic heterocycles. The number of carbonyl (C=O) groups excluding carboxylic acids is 1. The van der Waals surface area contributed by atoms with Gasteiger partial charge in [0.25, 0.3) is 5.91 Å². The molecule has 0 bridgehead atoms. The summed E-state index contributed by atoms with van der Waals surface area (Å²) in [4.78, 5) is 17.2. The van der Waals surface area contributed by atoms with Crippen molar-refractivity contribution in [1.82, 2.24) is 14.8 Å². The van der Waals surface area contributed by atoms with Crippen LogP contribution >= 0.6 is 11.3 Å². The topological polar surface area (TPSA) is 92.3 Å². The molecule has 10 heteroatoms. The average molecular weight is 495 g/mol. The van der Waals surface area contributed by atoms with E-state index in [9.17, 15) is 9.18 Å². The lowest BCUT2D eigenvalue weighted by Crippen LogP contribution is -2.16. The Balaban J connectivity index is 1.78. The fourth-order valence-electron chi connectivity index (χ4n) is 4.11. The van der Waals surface area contributed by atoms with Gasteiger partial charge in [-0.25, -0.2) is 13.8 Å². The first kappa shape index (κ1) is 22.9. The minimum absolute atomic E-state index is 0.0581. The van der Waals surface area contributed by atoms with Crippen molar-refractivity contribution >= 4 is 38.2 Å². The number of amides is 1. The molecule has 5 aromatic rings. The van der Waals surface area contributed by atoms with E-state index in [1.54, 1.807) is 10.9 Å². The number of aryl methyl sites for hydroxylation is 1. The normalized spacial score (nSPS) is 11.4. The minimum Gasteiger partial charge on any atom is -0.490 e. The molecule has 35 heavy (non-hydrogen) atoms. The van der Waals surface area contributed by atoms with Gasteiger partial charge in [-0.05, 0) is 23.6 Å². The zero-order valence-electron chi connectivity index (χ0n) is 18.8. The van der Waals surface area contributed by atoms with Crippen LogP contribution in [0.2, 0.25) is 0 Å². The number of ether oxygens (including phenoxy) is 2. The predicted molar refractivity (Wildman–Crippen MR) is 131 cm³/mol. The fraction of sp³-hybridized carbons (Fsp3) is 0.160. The number of primary amides is 1. The van der Waals surface area contributed by atoms with Crippen molar-refractivity contribution in [3.8, 4) is 28.1 Å². The standard InChI is InChI=1S/C25H20F2N4O3S/c1-31-18-4-3-13(9-14(18)12-29-31)22-16-5-8-35-24(16)21(23(30-22)25(28)32)20-17(27)10-15(26)11-19(20)34-7-6-33-2/h3-5,8-12H,6-7H2,1-2H3,(H2,28,32). The lowest BCUT2D eigenvalue weighted by Gasteiger charge is -2.17. The van der Waals surface area contributed by atoms with Gasteiger partial charge in [0.05, 0.1) is 29.6 Å². The Kier molecular flexibility index (Phi) is 5.91. The number of nitrogens with two attached hydrogens (primary N) is 1. The minimum atomic E-state index is -0.888. The van der Waals surface area contributed by atoms with Crippen LogP contribution in [-0.2, 0) is 11.8 Å². The van der Waals surface area contributed by atoms with Crippen LogP contribution in [0.15, 0.2) is 48.0 Å². The van der Waals surface area contributed by atoms with Crippen molar-refractivity contribution in [3.05, 3.63) is 65.3 Å². The summed E-state index contributed by atoms with van der Waals surface area (Å²) in [5, 5.41) is 7.69. The number of methoxy groups -OCH3 is 1. The molecule has 7 nitrogen and oxygen atoms in total. The number of fused-ring (bicyclic) bond motifs is 2. The van der Waals surface area contributed by atoms with E-state index in [0.29, 0.717) is 15.8 Å². The number of halogens is 2. The zero-order valence-corrected chi connectivity index (χ0v) is 19.7. The maximum absolute atomic E-state index is 15.2. The second-order valence-corrected chi connectivity index (χ2v) is 8.77. The van der Waals surface area contributed by atoms with Gasteiger partial charge in [0, 0.05) is 52.9 Å². The van der Waals surface area contributed by atoms with Crippen molar-refractivity contribution in [3.63, 3.8) is 0 Å². The summed E-state index contributed by atoms with van der Waals surface area (Å²) in [6.07, 6.45) is 1.74. The summed E-state index contributed by atoms with van der Waals surface area (Å²) in [6.45, 7) is 0.269. The maximum Gasteiger partial charge on any atom is 0.268 e. The molecule has 5 rings (SSSR count). The Morgan fingerprint density at radius 2 is 1.97 bits per heavy atom. The zero-order chi connectivity index (χ0) is 24.7. The molecule has 2 aromatic carbocycles. The highest BCUT2D eigenvalue weighted by molar-refractivity contribution is 7.18. The molecular weight excluding hydrogens is 474 g/mol. The number of hydrogen-bond donors (Lipinski definition) is 1. The van der Waals surface area contributed by atoms with Gasteiger partial charge < -0.3 is 15.2 Å². The van der Waals surface area contributed by atoms with Crippen molar-refractivity contribution in [2.75, 3.05) is 20.3 Å². The van der Waals surface area contributed by atoms with Gasteiger partial charge in [0.15, 0.2) is 0 Å². The molecule has 0 radical (unpaired) electrons. The molecule has 0 aliphatic carbocycles. The molecular formula is C25H20F2N4O3S. The van der Waals surface area contributed by atoms with Gasteiger partial charge in [-0.3, -0.25) is 9.48 Å². The van der Waals surface area contributed by atoms with Crippen molar-refractivity contribution in [1.29, 1.82) is 0 Å². The maximum atomic E-state index is 15.2. The van der Waals surface area contributed by atoms with Crippen LogP contribution in [0.25, 0.3) is 43.4 Å². The van der Waals surface area contributed by atoms with E-state index in [0.717, 1.165) is 28.6 Å². The third kappa shape index (κ3) is 4.00. The van der Waals surface area contributed by atoms with E-state index < -0.39 is 17.5 Å². The first-order valence-electron chi connectivity index (χ1n) is 10.6. The largest absolute Gasteiger partial charge is 0.490 e. The summed E-state index contributed by atoms with van der Waals surface area (Å²) in [5.41, 5.74) is 7.90. The van der Waals surface area contributed by atoms with Crippen LogP contribution < -0.4 is 10.5 Å². The Labute approximate surface area is 202 Å². The number of aromatic nitrogens is 3. The van der Waals surface area contributed by atoms with E-state index in [2.05, 4.69) is 10.1 Å². The predicted octanol–water partition coefficient (Wildman–Crippen LogP) is 4.92. The quantitative estimate of drug-likeness (QED) is 0.324. The Hall–Kier alpha value is -3.89. The van der Waals surface area contributed by atoms with Crippen LogP contribution in [0.1, 0.15) is 10.5 Å². The monoisotopic (exact) mass is 494 g/mol. The molecule has 0 fully saturated rings. The second kappa shape index (κ2) is 9.05. The number of thiophene rings is 1. The van der Waals surface area contributed by atoms with E-state index in [4.69, 9.17) is 15.2 Å². The Morgan fingerprint density at radius 1 is 1.14 bits per heavy atom. The highest BCUT2D eigenvalue weighted by Crippen LogP contribution is 2.44. The molecule has 178 valence electrons. The first-order chi connectivity index (χ1) is 16.9. The van der Waals surface area contributed by atoms with Crippen molar-refractivity contribution in [2.24, 2.45) is 12.8 Å². The number of rotatable bonds is 7. The van der Waals surface area contributed by atoms with Gasteiger partial charge in [0.2, 0.25) is 0 Å². The summed E-state index contributed by atoms with van der Waals surface area (Å²) in [5.74, 6) is -2.61. The molecule has 1 amide bonds. The summed E-state index contributed by atoms with van der Waals surface area (Å²) in [6, 6.07) is 9.37. The Bertz CT molecular complexity index is 1600. The molecule has 0 saturated heterocycles. The van der Waals surface area contributed by atoms with E-state index in [-0.39, 0.29) is 35.8 Å². The average Bonchev–Trinajstić information content (AvgIpc) is 3.45. The second-order valence-electron chi connectivity index (χ2n) is 7.86. The molecule has 0 saturated carbocycles. The molecule has 0 atom stereocenters.